The molecule has 214 valence electrons. The van der Waals surface area contributed by atoms with E-state index in [0.29, 0.717) is 94.0 Å². The Morgan fingerprint density at radius 2 is 0.921 bits per heavy atom. The van der Waals surface area contributed by atoms with Gasteiger partial charge in [-0.1, -0.05) is 12.1 Å². The van der Waals surface area contributed by atoms with Crippen molar-refractivity contribution in [3.05, 3.63) is 67.8 Å². The van der Waals surface area contributed by atoms with Crippen LogP contribution >= 0.6 is 46.4 Å². The van der Waals surface area contributed by atoms with Crippen LogP contribution in [0.3, 0.4) is 0 Å². The minimum absolute atomic E-state index is 0. The van der Waals surface area contributed by atoms with E-state index in [2.05, 4.69) is 0 Å². The molecule has 0 aromatic heterocycles. The Bertz CT molecular complexity index is 986. The maximum absolute atomic E-state index is 11.9. The van der Waals surface area contributed by atoms with Gasteiger partial charge in [-0.15, -0.1) is 46.4 Å². The maximum atomic E-state index is 11.9. The Hall–Kier alpha value is -0.720. The van der Waals surface area contributed by atoms with Crippen LogP contribution in [0.15, 0.2) is 36.4 Å². The zero-order chi connectivity index (χ0) is 26.9. The minimum Gasteiger partial charge on any atom is -1.00 e. The van der Waals surface area contributed by atoms with Gasteiger partial charge in [-0.2, -0.15) is 0 Å². The lowest BCUT2D eigenvalue weighted by molar-refractivity contribution is -0.918. The van der Waals surface area contributed by atoms with Crippen molar-refractivity contribution in [2.75, 3.05) is 63.8 Å². The molecule has 2 aromatic carbocycles. The summed E-state index contributed by atoms with van der Waals surface area (Å²) in [6, 6.07) is 9.88. The van der Waals surface area contributed by atoms with E-state index in [1.165, 1.54) is 12.1 Å². The first-order valence-corrected chi connectivity index (χ1v) is 13.6. The van der Waals surface area contributed by atoms with Crippen LogP contribution in [0.5, 0.6) is 0 Å². The fourth-order valence-corrected chi connectivity index (χ4v) is 5.90. The minimum atomic E-state index is -0.422. The first kappa shape index (κ1) is 37.3. The fourth-order valence-electron chi connectivity index (χ4n) is 4.27. The van der Waals surface area contributed by atoms with E-state index in [0.717, 1.165) is 0 Å². The topological polar surface area (TPSA) is 86.3 Å². The van der Waals surface area contributed by atoms with Crippen molar-refractivity contribution in [2.45, 2.75) is 13.1 Å². The number of nitro groups is 2. The number of nitrogens with zero attached hydrogens (tertiary/aromatic N) is 4. The maximum Gasteiger partial charge on any atom is 0.278 e. The van der Waals surface area contributed by atoms with Gasteiger partial charge in [0.2, 0.25) is 0 Å². The summed E-state index contributed by atoms with van der Waals surface area (Å²) in [6.07, 6.45) is 0. The molecule has 0 saturated carbocycles. The zero-order valence-corrected chi connectivity index (χ0v) is 27.4. The van der Waals surface area contributed by atoms with E-state index in [1.54, 1.807) is 24.3 Å². The van der Waals surface area contributed by atoms with Crippen molar-refractivity contribution in [1.29, 1.82) is 0 Å². The monoisotopic (exact) mass is 738 g/mol. The number of rotatable bonds is 15. The highest BCUT2D eigenvalue weighted by Crippen LogP contribution is 2.33. The number of hydrogen-bond acceptors (Lipinski definition) is 4. The van der Waals surface area contributed by atoms with E-state index >= 15 is 0 Å². The van der Waals surface area contributed by atoms with Gasteiger partial charge in [0.05, 0.1) is 84.8 Å². The summed E-state index contributed by atoms with van der Waals surface area (Å²) >= 11 is 23.8. The van der Waals surface area contributed by atoms with Crippen molar-refractivity contribution < 1.29 is 52.8 Å². The molecule has 0 radical (unpaired) electrons. The quantitative estimate of drug-likeness (QED) is 0.112. The Morgan fingerprint density at radius 3 is 1.16 bits per heavy atom. The number of halogens is 6. The first-order chi connectivity index (χ1) is 17.0. The van der Waals surface area contributed by atoms with Crippen LogP contribution in [0, 0.1) is 20.2 Å². The van der Waals surface area contributed by atoms with Gasteiger partial charge in [0.25, 0.3) is 11.4 Å². The largest absolute Gasteiger partial charge is 1.00 e. The summed E-state index contributed by atoms with van der Waals surface area (Å²) in [7, 11) is 3.93. The molecule has 0 saturated heterocycles. The molecule has 0 aliphatic rings. The van der Waals surface area contributed by atoms with Gasteiger partial charge in [0.15, 0.2) is 0 Å². The molecule has 0 aliphatic carbocycles. The molecule has 2 aromatic rings. The van der Waals surface area contributed by atoms with E-state index in [-0.39, 0.29) is 45.3 Å². The lowest BCUT2D eigenvalue weighted by Gasteiger charge is -2.33. The average molecular weight is 742 g/mol. The normalized spacial score (nSPS) is 11.4. The second-order valence-electron chi connectivity index (χ2n) is 9.41. The smallest absolute Gasteiger partial charge is 0.278 e. The van der Waals surface area contributed by atoms with Gasteiger partial charge in [0, 0.05) is 12.1 Å². The van der Waals surface area contributed by atoms with E-state index in [1.807, 2.05) is 14.1 Å². The number of benzene rings is 2. The SMILES string of the molecule is C[N+](CCCl)(CCCl)Cc1ccc(-c2ccc(C[N+](C)(CCCl)CCCl)c([N+](=O)[O-])c2)cc1[N+](=O)[O-].[Br-].[Br-]. The molecule has 0 heterocycles. The number of alkyl halides is 4. The lowest BCUT2D eigenvalue weighted by Crippen LogP contribution is -3.00. The molecular formula is C24H32Br2Cl4N4O4. The second-order valence-corrected chi connectivity index (χ2v) is 10.9. The highest BCUT2D eigenvalue weighted by atomic mass is 79.9. The highest BCUT2D eigenvalue weighted by molar-refractivity contribution is 6.18. The van der Waals surface area contributed by atoms with Crippen LogP contribution in [-0.4, -0.2) is 82.6 Å². The zero-order valence-electron chi connectivity index (χ0n) is 21.2. The van der Waals surface area contributed by atoms with Gasteiger partial charge in [-0.05, 0) is 23.3 Å². The standard InChI is InChI=1S/C24H32Cl4N4O4.2BrH/c1-31(11-7-25,12-8-26)17-21-5-3-19(15-23(21)29(33)34)20-4-6-22(24(16-20)30(35)36)18-32(2,13-9-27)14-10-28;;/h3-6,15-16H,7-14,17-18H2,1-2H3;2*1H/q+2;;/p-2. The lowest BCUT2D eigenvalue weighted by atomic mass is 9.99. The molecular weight excluding hydrogens is 710 g/mol. The molecule has 8 nitrogen and oxygen atoms in total. The Kier molecular flexibility index (Phi) is 16.8. The fraction of sp³-hybridized carbons (Fsp3) is 0.500. The second kappa shape index (κ2) is 17.2. The molecule has 0 spiro atoms. The number of quaternary nitrogens is 2. The van der Waals surface area contributed by atoms with Crippen molar-refractivity contribution in [1.82, 2.24) is 0 Å². The van der Waals surface area contributed by atoms with Gasteiger partial charge >= 0.3 is 0 Å². The molecule has 0 atom stereocenters. The molecule has 0 fully saturated rings. The Labute approximate surface area is 264 Å². The third-order valence-corrected chi connectivity index (χ3v) is 7.17. The third-order valence-electron chi connectivity index (χ3n) is 6.50. The summed E-state index contributed by atoms with van der Waals surface area (Å²) in [5, 5.41) is 23.9. The van der Waals surface area contributed by atoms with E-state index < -0.39 is 9.85 Å². The predicted molar refractivity (Wildman–Crippen MR) is 147 cm³/mol. The third kappa shape index (κ3) is 10.4. The van der Waals surface area contributed by atoms with Crippen LogP contribution in [0.2, 0.25) is 0 Å². The highest BCUT2D eigenvalue weighted by Gasteiger charge is 2.28. The number of hydrogen-bond donors (Lipinski definition) is 0. The molecule has 0 N–H and O–H groups in total. The summed E-state index contributed by atoms with van der Waals surface area (Å²) < 4.78 is 0.934. The van der Waals surface area contributed by atoms with Gasteiger partial charge < -0.3 is 42.9 Å². The summed E-state index contributed by atoms with van der Waals surface area (Å²) in [6.45, 7) is 3.26. The first-order valence-electron chi connectivity index (χ1n) is 11.5. The molecule has 2 rings (SSSR count). The van der Waals surface area contributed by atoms with Gasteiger partial charge in [-0.25, -0.2) is 0 Å². The Morgan fingerprint density at radius 1 is 0.632 bits per heavy atom. The molecule has 0 unspecified atom stereocenters. The van der Waals surface area contributed by atoms with E-state index in [9.17, 15) is 20.2 Å². The van der Waals surface area contributed by atoms with Gasteiger partial charge in [-0.3, -0.25) is 20.2 Å². The van der Waals surface area contributed by atoms with Crippen molar-refractivity contribution in [3.8, 4) is 11.1 Å². The Balaban J connectivity index is 0.00000684. The van der Waals surface area contributed by atoms with Crippen molar-refractivity contribution >= 4 is 57.8 Å². The molecule has 14 heteroatoms. The van der Waals surface area contributed by atoms with Crippen LogP contribution in [0.1, 0.15) is 11.1 Å². The van der Waals surface area contributed by atoms with Gasteiger partial charge in [0.1, 0.15) is 13.1 Å². The van der Waals surface area contributed by atoms with Crippen LogP contribution in [0.25, 0.3) is 11.1 Å². The molecule has 0 aliphatic heterocycles. The van der Waals surface area contributed by atoms with Crippen LogP contribution in [-0.2, 0) is 13.1 Å². The summed E-state index contributed by atoms with van der Waals surface area (Å²) in [4.78, 5) is 23.0. The van der Waals surface area contributed by atoms with Crippen LogP contribution in [0.4, 0.5) is 11.4 Å². The van der Waals surface area contributed by atoms with Crippen molar-refractivity contribution in [3.63, 3.8) is 0 Å². The van der Waals surface area contributed by atoms with Crippen molar-refractivity contribution in [2.24, 2.45) is 0 Å². The molecule has 0 amide bonds. The summed E-state index contributed by atoms with van der Waals surface area (Å²) in [5.74, 6) is 1.62. The van der Waals surface area contributed by atoms with Crippen LogP contribution < -0.4 is 34.0 Å². The molecule has 38 heavy (non-hydrogen) atoms. The average Bonchev–Trinajstić information content (AvgIpc) is 2.79. The summed E-state index contributed by atoms with van der Waals surface area (Å²) in [5.41, 5.74) is 2.10. The number of nitro benzene ring substituents is 2. The van der Waals surface area contributed by atoms with E-state index in [4.69, 9.17) is 46.4 Å². The predicted octanol–water partition coefficient (Wildman–Crippen LogP) is 0.0264. The molecule has 0 bridgehead atoms.